The molecule has 0 aromatic rings. The van der Waals surface area contributed by atoms with Crippen LogP contribution in [0.25, 0.3) is 22.5 Å². The maximum absolute atomic E-state index is 8.96. The Morgan fingerprint density at radius 3 is 1.47 bits per heavy atom. The van der Waals surface area contributed by atoms with Crippen LogP contribution in [0.2, 0.25) is 0 Å². The summed E-state index contributed by atoms with van der Waals surface area (Å²) in [6, 6.07) is 0. The molecule has 100 valence electrons. The molecule has 1 unspecified atom stereocenters. The van der Waals surface area contributed by atoms with Gasteiger partial charge in [-0.25, -0.2) is 12.6 Å². The van der Waals surface area contributed by atoms with Crippen molar-refractivity contribution in [3.63, 3.8) is 0 Å². The Kier molecular flexibility index (Phi) is 27.8. The zero-order valence-electron chi connectivity index (χ0n) is 7.04. The molecule has 0 fully saturated rings. The zero-order chi connectivity index (χ0) is 12.2. The third-order valence-electron chi connectivity index (χ3n) is 0.193. The fraction of sp³-hybridized carbons (Fsp3) is 1.00. The Bertz CT molecular complexity index is 211. The van der Waals surface area contributed by atoms with Crippen molar-refractivity contribution >= 4 is 21.7 Å². The van der Waals surface area contributed by atoms with Crippen LogP contribution in [0.1, 0.15) is 0 Å². The summed E-state index contributed by atoms with van der Waals surface area (Å²) >= 11 is -2.66. The molecule has 0 heterocycles. The normalized spacial score (nSPS) is 10.8. The van der Waals surface area contributed by atoms with Crippen LogP contribution in [0.5, 0.6) is 0 Å². The summed E-state index contributed by atoms with van der Waals surface area (Å²) in [4.78, 5) is 0. The molecule has 5 N–H and O–H groups in total. The van der Waals surface area contributed by atoms with Gasteiger partial charge in [-0.2, -0.15) is 13.1 Å². The fourth-order valence-electron chi connectivity index (χ4n) is 0. The summed E-state index contributed by atoms with van der Waals surface area (Å²) in [5.41, 5.74) is 12.5. The van der Waals surface area contributed by atoms with E-state index >= 15 is 0 Å². The van der Waals surface area contributed by atoms with E-state index in [1.165, 1.54) is 0 Å². The van der Waals surface area contributed by atoms with E-state index in [4.69, 9.17) is 44.2 Å². The standard InChI is InChI=1S/C2H6N2.2H2NO3S.Pt/c3-1-2-4;1-5(2,3)4;1-4-5(2)3;/h3-4H,1-2H2;(H2-,1,2,3,4);1H,(H,2,3);/q-2;2*-1;/p-1. The summed E-state index contributed by atoms with van der Waals surface area (Å²) in [6.07, 6.45) is 0. The van der Waals surface area contributed by atoms with Crippen LogP contribution in [0.15, 0.2) is 0 Å². The van der Waals surface area contributed by atoms with Crippen LogP contribution in [0.4, 0.5) is 0 Å². The molecule has 0 amide bonds. The van der Waals surface area contributed by atoms with Crippen molar-refractivity contribution in [2.45, 2.75) is 0 Å². The second kappa shape index (κ2) is 16.9. The summed E-state index contributed by atoms with van der Waals surface area (Å²) < 4.78 is 45.7. The van der Waals surface area contributed by atoms with Crippen LogP contribution in [0.3, 0.4) is 0 Å². The Morgan fingerprint density at radius 2 is 1.47 bits per heavy atom. The molecule has 0 saturated carbocycles. The van der Waals surface area contributed by atoms with Crippen LogP contribution in [-0.2, 0) is 47.0 Å². The maximum atomic E-state index is 8.96. The van der Waals surface area contributed by atoms with Crippen molar-refractivity contribution < 1.29 is 47.1 Å². The van der Waals surface area contributed by atoms with Gasteiger partial charge in [0.15, 0.2) is 10.3 Å². The van der Waals surface area contributed by atoms with Crippen LogP contribution >= 0.6 is 0 Å². The van der Waals surface area contributed by atoms with Crippen molar-refractivity contribution in [3.8, 4) is 0 Å². The minimum atomic E-state index is -4.42. The SMILES string of the molecule is [NH-]CC[NH-].[NH-]OS(=O)[O-].[NH-]S(=O)(=O)O.[Pt]. The Morgan fingerprint density at radius 1 is 1.33 bits per heavy atom. The molecule has 10 nitrogen and oxygen atoms in total. The fourth-order valence-corrected chi connectivity index (χ4v) is 0. The van der Waals surface area contributed by atoms with Gasteiger partial charge in [-0.15, -0.1) is 0 Å². The molecular formula is C2H9N4O6PtS2-5. The van der Waals surface area contributed by atoms with Gasteiger partial charge in [-0.3, -0.25) is 4.55 Å². The molecule has 0 aromatic heterocycles. The Hall–Kier alpha value is 0.508. The van der Waals surface area contributed by atoms with Crippen LogP contribution < -0.4 is 0 Å². The van der Waals surface area contributed by atoms with E-state index in [0.29, 0.717) is 0 Å². The van der Waals surface area contributed by atoms with Gasteiger partial charge in [0.05, 0.1) is 11.4 Å². The van der Waals surface area contributed by atoms with Gasteiger partial charge in [-0.1, -0.05) is 0 Å². The minimum Gasteiger partial charge on any atom is -0.751 e. The summed E-state index contributed by atoms with van der Waals surface area (Å²) in [7, 11) is -4.42. The number of hydrogen-bond acceptors (Lipinski definition) is 5. The van der Waals surface area contributed by atoms with E-state index in [0.717, 1.165) is 0 Å². The third-order valence-corrected chi connectivity index (χ3v) is 0.329. The second-order valence-corrected chi connectivity index (χ2v) is 2.79. The molecule has 1 atom stereocenters. The van der Waals surface area contributed by atoms with E-state index in [1.807, 2.05) is 0 Å². The first kappa shape index (κ1) is 24.6. The first-order valence-corrected chi connectivity index (χ1v) is 5.07. The Labute approximate surface area is 104 Å². The molecule has 0 aromatic carbocycles. The molecule has 0 saturated heterocycles. The van der Waals surface area contributed by atoms with Gasteiger partial charge < -0.3 is 31.3 Å². The van der Waals surface area contributed by atoms with Crippen LogP contribution in [-0.4, -0.2) is 34.8 Å². The largest absolute Gasteiger partial charge is 0.751 e. The molecule has 0 spiro atoms. The van der Waals surface area contributed by atoms with Gasteiger partial charge in [0, 0.05) is 21.1 Å². The van der Waals surface area contributed by atoms with Crippen molar-refractivity contribution in [1.82, 2.24) is 0 Å². The average molecular weight is 444 g/mol. The maximum Gasteiger partial charge on any atom is 0.186 e. The van der Waals surface area contributed by atoms with E-state index < -0.39 is 21.7 Å². The second-order valence-electron chi connectivity index (χ2n) is 1.26. The average Bonchev–Trinajstić information content (AvgIpc) is 2.02. The summed E-state index contributed by atoms with van der Waals surface area (Å²) in [5, 5.41) is 5.47. The van der Waals surface area contributed by atoms with Gasteiger partial charge in [0.25, 0.3) is 0 Å². The van der Waals surface area contributed by atoms with Crippen molar-refractivity contribution in [2.24, 2.45) is 0 Å². The van der Waals surface area contributed by atoms with Crippen molar-refractivity contribution in [2.75, 3.05) is 13.1 Å². The number of rotatable bonds is 2. The zero-order valence-corrected chi connectivity index (χ0v) is 10.9. The predicted octanol–water partition coefficient (Wildman–Crippen LogP) is 0.694. The first-order valence-electron chi connectivity index (χ1n) is 2.63. The van der Waals surface area contributed by atoms with Gasteiger partial charge in [-0.05, 0) is 0 Å². The van der Waals surface area contributed by atoms with E-state index in [9.17, 15) is 0 Å². The molecule has 0 aliphatic rings. The molecule has 0 aliphatic heterocycles. The number of hydrogen-bond donors (Lipinski definition) is 1. The van der Waals surface area contributed by atoms with Gasteiger partial charge in [0.2, 0.25) is 0 Å². The smallest absolute Gasteiger partial charge is 0.186 e. The predicted molar refractivity (Wildman–Crippen MR) is 48.6 cm³/mol. The van der Waals surface area contributed by atoms with Crippen molar-refractivity contribution in [3.05, 3.63) is 22.5 Å². The van der Waals surface area contributed by atoms with E-state index in [1.54, 1.807) is 0 Å². The molecule has 0 aliphatic carbocycles. The van der Waals surface area contributed by atoms with Gasteiger partial charge >= 0.3 is 0 Å². The summed E-state index contributed by atoms with van der Waals surface area (Å²) in [5.74, 6) is 5.54. The topological polar surface area (TPSA) is 199 Å². The monoisotopic (exact) mass is 444 g/mol. The molecule has 0 rings (SSSR count). The van der Waals surface area contributed by atoms with Crippen LogP contribution in [0, 0.1) is 0 Å². The summed E-state index contributed by atoms with van der Waals surface area (Å²) in [6.45, 7) is 0.472. The van der Waals surface area contributed by atoms with E-state index in [-0.39, 0.29) is 34.2 Å². The van der Waals surface area contributed by atoms with E-state index in [2.05, 4.69) is 4.28 Å². The molecule has 0 radical (unpaired) electrons. The van der Waals surface area contributed by atoms with Gasteiger partial charge in [0.1, 0.15) is 0 Å². The molecule has 13 heteroatoms. The third kappa shape index (κ3) is 184. The molecular weight excluding hydrogens is 435 g/mol. The molecule has 15 heavy (non-hydrogen) atoms. The Balaban J connectivity index is -0.0000000590. The number of nitrogens with one attached hydrogen (secondary N) is 4. The quantitative estimate of drug-likeness (QED) is 0.369. The minimum absolute atomic E-state index is 0. The van der Waals surface area contributed by atoms with Crippen molar-refractivity contribution in [1.29, 1.82) is 0 Å². The molecule has 0 bridgehead atoms. The first-order chi connectivity index (χ1) is 6.18.